The second kappa shape index (κ2) is 5.58. The molecular weight excluding hydrogens is 279 g/mol. The molecule has 2 rings (SSSR count). The molecule has 0 atom stereocenters. The number of carbonyl (C=O) groups is 1. The average Bonchev–Trinajstić information content (AvgIpc) is 2.42. The van der Waals surface area contributed by atoms with Crippen LogP contribution in [0.2, 0.25) is 0 Å². The zero-order chi connectivity index (χ0) is 15.6. The van der Waals surface area contributed by atoms with Gasteiger partial charge in [0.2, 0.25) is 0 Å². The molecular formula is C14H11FN2O4. The van der Waals surface area contributed by atoms with Gasteiger partial charge < -0.3 is 10.4 Å². The van der Waals surface area contributed by atoms with E-state index in [0.717, 1.165) is 11.6 Å². The largest absolute Gasteiger partial charge is 0.478 e. The molecule has 0 aliphatic heterocycles. The lowest BCUT2D eigenvalue weighted by molar-refractivity contribution is -0.383. The molecule has 0 fully saturated rings. The summed E-state index contributed by atoms with van der Waals surface area (Å²) in [6, 6.07) is 7.82. The second-order valence-corrected chi connectivity index (χ2v) is 4.37. The fourth-order valence-electron chi connectivity index (χ4n) is 1.87. The number of benzene rings is 2. The van der Waals surface area contributed by atoms with Crippen LogP contribution in [0.4, 0.5) is 21.5 Å². The van der Waals surface area contributed by atoms with E-state index in [1.165, 1.54) is 30.3 Å². The molecule has 0 aromatic heterocycles. The van der Waals surface area contributed by atoms with Gasteiger partial charge in [-0.2, -0.15) is 0 Å². The molecule has 0 saturated heterocycles. The summed E-state index contributed by atoms with van der Waals surface area (Å²) in [6.07, 6.45) is 0. The van der Waals surface area contributed by atoms with Crippen LogP contribution in [0.3, 0.4) is 0 Å². The first-order chi connectivity index (χ1) is 9.90. The molecule has 2 aromatic rings. The smallest absolute Gasteiger partial charge is 0.338 e. The first-order valence-electron chi connectivity index (χ1n) is 5.94. The van der Waals surface area contributed by atoms with Crippen molar-refractivity contribution < 1.29 is 19.2 Å². The van der Waals surface area contributed by atoms with Crippen LogP contribution in [0, 0.1) is 22.9 Å². The molecule has 0 bridgehead atoms. The molecule has 2 aromatic carbocycles. The predicted octanol–water partition coefficient (Wildman–Crippen LogP) is 3.48. The minimum atomic E-state index is -1.34. The van der Waals surface area contributed by atoms with Gasteiger partial charge in [0.05, 0.1) is 16.2 Å². The minimum absolute atomic E-state index is 0.0215. The predicted molar refractivity (Wildman–Crippen MR) is 74.5 cm³/mol. The Labute approximate surface area is 119 Å². The van der Waals surface area contributed by atoms with Crippen LogP contribution in [0.25, 0.3) is 0 Å². The number of anilines is 2. The number of nitrogens with one attached hydrogen (secondary N) is 1. The number of nitro groups is 1. The summed E-state index contributed by atoms with van der Waals surface area (Å²) in [5.74, 6) is -1.97. The van der Waals surface area contributed by atoms with Gasteiger partial charge in [-0.05, 0) is 30.7 Å². The average molecular weight is 290 g/mol. The number of nitrogens with zero attached hydrogens (tertiary/aromatic N) is 1. The molecule has 0 unspecified atom stereocenters. The van der Waals surface area contributed by atoms with Gasteiger partial charge >= 0.3 is 5.97 Å². The van der Waals surface area contributed by atoms with Crippen molar-refractivity contribution in [2.75, 3.05) is 5.32 Å². The summed E-state index contributed by atoms with van der Waals surface area (Å²) in [6.45, 7) is 1.72. The summed E-state index contributed by atoms with van der Waals surface area (Å²) < 4.78 is 13.7. The third-order valence-corrected chi connectivity index (χ3v) is 2.85. The van der Waals surface area contributed by atoms with Crippen LogP contribution in [-0.4, -0.2) is 16.0 Å². The maximum absolute atomic E-state index is 13.7. The number of halogens is 1. The van der Waals surface area contributed by atoms with Crippen molar-refractivity contribution in [2.45, 2.75) is 6.92 Å². The number of para-hydroxylation sites is 1. The molecule has 0 radical (unpaired) electrons. The first-order valence-corrected chi connectivity index (χ1v) is 5.94. The highest BCUT2D eigenvalue weighted by molar-refractivity contribution is 5.98. The van der Waals surface area contributed by atoms with Gasteiger partial charge in [-0.15, -0.1) is 0 Å². The Balaban J connectivity index is 2.59. The summed E-state index contributed by atoms with van der Waals surface area (Å²) in [4.78, 5) is 21.5. The summed E-state index contributed by atoms with van der Waals surface area (Å²) in [5, 5.41) is 22.7. The minimum Gasteiger partial charge on any atom is -0.478 e. The Hall–Kier alpha value is -2.96. The number of aromatic carboxylic acids is 1. The maximum Gasteiger partial charge on any atom is 0.338 e. The van der Waals surface area contributed by atoms with E-state index in [1.54, 1.807) is 6.92 Å². The summed E-state index contributed by atoms with van der Waals surface area (Å²) in [7, 11) is 0. The maximum atomic E-state index is 13.7. The molecule has 0 heterocycles. The van der Waals surface area contributed by atoms with E-state index in [4.69, 9.17) is 5.11 Å². The van der Waals surface area contributed by atoms with Gasteiger partial charge in [0.15, 0.2) is 0 Å². The van der Waals surface area contributed by atoms with Crippen molar-refractivity contribution in [1.82, 2.24) is 0 Å². The Bertz CT molecular complexity index is 699. The standard InChI is InChI=1S/C14H11FN2O4/c1-8-5-6-10(15)11(7-8)16-13-9(14(18)19)3-2-4-12(13)17(20)21/h2-7,16H,1H3,(H,18,19). The first kappa shape index (κ1) is 14.4. The van der Waals surface area contributed by atoms with Gasteiger partial charge in [-0.25, -0.2) is 9.18 Å². The van der Waals surface area contributed by atoms with Gasteiger partial charge in [-0.3, -0.25) is 10.1 Å². The molecule has 108 valence electrons. The Kier molecular flexibility index (Phi) is 3.84. The number of aryl methyl sites for hydroxylation is 1. The van der Waals surface area contributed by atoms with E-state index in [2.05, 4.69) is 5.32 Å². The van der Waals surface area contributed by atoms with E-state index in [-0.39, 0.29) is 16.9 Å². The second-order valence-electron chi connectivity index (χ2n) is 4.37. The highest BCUT2D eigenvalue weighted by Gasteiger charge is 2.22. The van der Waals surface area contributed by atoms with Crippen molar-refractivity contribution in [3.05, 3.63) is 63.5 Å². The monoisotopic (exact) mass is 290 g/mol. The number of carboxylic acids is 1. The molecule has 0 amide bonds. The number of hydrogen-bond acceptors (Lipinski definition) is 4. The van der Waals surface area contributed by atoms with Crippen LogP contribution >= 0.6 is 0 Å². The van der Waals surface area contributed by atoms with Crippen molar-refractivity contribution in [2.24, 2.45) is 0 Å². The number of rotatable bonds is 4. The van der Waals surface area contributed by atoms with Crippen LogP contribution in [0.1, 0.15) is 15.9 Å². The van der Waals surface area contributed by atoms with Crippen molar-refractivity contribution in [3.8, 4) is 0 Å². The molecule has 0 aliphatic carbocycles. The fourth-order valence-corrected chi connectivity index (χ4v) is 1.87. The van der Waals surface area contributed by atoms with E-state index in [0.29, 0.717) is 0 Å². The zero-order valence-corrected chi connectivity index (χ0v) is 11.0. The SMILES string of the molecule is Cc1ccc(F)c(Nc2c(C(=O)O)cccc2[N+](=O)[O-])c1. The van der Waals surface area contributed by atoms with Crippen LogP contribution < -0.4 is 5.32 Å². The van der Waals surface area contributed by atoms with Crippen molar-refractivity contribution >= 4 is 23.0 Å². The van der Waals surface area contributed by atoms with E-state index in [1.807, 2.05) is 0 Å². The van der Waals surface area contributed by atoms with Crippen LogP contribution in [-0.2, 0) is 0 Å². The quantitative estimate of drug-likeness (QED) is 0.664. The lowest BCUT2D eigenvalue weighted by Crippen LogP contribution is -2.06. The lowest BCUT2D eigenvalue weighted by Gasteiger charge is -2.11. The highest BCUT2D eigenvalue weighted by Crippen LogP contribution is 2.32. The molecule has 6 nitrogen and oxygen atoms in total. The van der Waals surface area contributed by atoms with Gasteiger partial charge in [0, 0.05) is 6.07 Å². The molecule has 0 spiro atoms. The van der Waals surface area contributed by atoms with Crippen LogP contribution in [0.5, 0.6) is 0 Å². The van der Waals surface area contributed by atoms with Gasteiger partial charge in [0.1, 0.15) is 11.5 Å². The van der Waals surface area contributed by atoms with E-state index < -0.39 is 22.4 Å². The Morgan fingerprint density at radius 3 is 2.67 bits per heavy atom. The lowest BCUT2D eigenvalue weighted by atomic mass is 10.1. The van der Waals surface area contributed by atoms with Gasteiger partial charge in [-0.1, -0.05) is 12.1 Å². The van der Waals surface area contributed by atoms with Crippen molar-refractivity contribution in [1.29, 1.82) is 0 Å². The van der Waals surface area contributed by atoms with E-state index in [9.17, 15) is 19.3 Å². The summed E-state index contributed by atoms with van der Waals surface area (Å²) >= 11 is 0. The van der Waals surface area contributed by atoms with Gasteiger partial charge in [0.25, 0.3) is 5.69 Å². The highest BCUT2D eigenvalue weighted by atomic mass is 19.1. The Morgan fingerprint density at radius 2 is 2.05 bits per heavy atom. The topological polar surface area (TPSA) is 92.5 Å². The third kappa shape index (κ3) is 2.97. The number of nitro benzene ring substituents is 1. The molecule has 21 heavy (non-hydrogen) atoms. The molecule has 0 saturated carbocycles. The Morgan fingerprint density at radius 1 is 1.33 bits per heavy atom. The normalized spacial score (nSPS) is 10.2. The molecule has 2 N–H and O–H groups in total. The van der Waals surface area contributed by atoms with Crippen molar-refractivity contribution in [3.63, 3.8) is 0 Å². The number of carboxylic acid groups (broad SMARTS) is 1. The van der Waals surface area contributed by atoms with Crippen LogP contribution in [0.15, 0.2) is 36.4 Å². The molecule has 7 heteroatoms. The number of hydrogen-bond donors (Lipinski definition) is 2. The molecule has 0 aliphatic rings. The third-order valence-electron chi connectivity index (χ3n) is 2.85. The summed E-state index contributed by atoms with van der Waals surface area (Å²) in [5.41, 5.74) is -0.276. The van der Waals surface area contributed by atoms with E-state index >= 15 is 0 Å². The fraction of sp³-hybridized carbons (Fsp3) is 0.0714. The zero-order valence-electron chi connectivity index (χ0n) is 11.0.